The van der Waals surface area contributed by atoms with E-state index >= 15 is 0 Å². The van der Waals surface area contributed by atoms with Crippen molar-refractivity contribution in [3.8, 4) is 0 Å². The van der Waals surface area contributed by atoms with Crippen molar-refractivity contribution < 1.29 is 62.2 Å². The molecule has 1 rings (SSSR count). The zero-order valence-electron chi connectivity index (χ0n) is 25.2. The molecule has 1 heterocycles. The highest BCUT2D eigenvalue weighted by molar-refractivity contribution is 6.12. The first-order valence-electron chi connectivity index (χ1n) is 14.5. The van der Waals surface area contributed by atoms with E-state index in [-0.39, 0.29) is 44.4 Å². The first kappa shape index (κ1) is 38.5. The molecule has 0 bridgehead atoms. The molecule has 0 radical (unpaired) electrons. The lowest BCUT2D eigenvalue weighted by atomic mass is 10.1. The smallest absolute Gasteiger partial charge is 0.326 e. The van der Waals surface area contributed by atoms with Crippen molar-refractivity contribution in [2.45, 2.75) is 31.7 Å². The Morgan fingerprint density at radius 1 is 0.674 bits per heavy atom. The number of ether oxygens (including phenoxy) is 8. The van der Waals surface area contributed by atoms with Gasteiger partial charge < -0.3 is 48.3 Å². The molecule has 0 fully saturated rings. The zero-order chi connectivity index (χ0) is 31.4. The van der Waals surface area contributed by atoms with Crippen LogP contribution in [0, 0.1) is 0 Å². The van der Waals surface area contributed by atoms with Gasteiger partial charge in [0, 0.05) is 32.2 Å². The third-order valence-corrected chi connectivity index (χ3v) is 5.80. The fourth-order valence-corrected chi connectivity index (χ4v) is 3.52. The summed E-state index contributed by atoms with van der Waals surface area (Å²) in [6.45, 7) is 6.76. The minimum Gasteiger partial charge on any atom is -0.480 e. The minimum atomic E-state index is -1.14. The van der Waals surface area contributed by atoms with Crippen LogP contribution >= 0.6 is 0 Å². The first-order chi connectivity index (χ1) is 21.0. The third-order valence-electron chi connectivity index (χ3n) is 5.80. The van der Waals surface area contributed by atoms with Gasteiger partial charge in [-0.1, -0.05) is 0 Å². The fourth-order valence-electron chi connectivity index (χ4n) is 3.52. The number of hydrogen-bond acceptors (Lipinski definition) is 12. The van der Waals surface area contributed by atoms with Crippen LogP contribution in [-0.4, -0.2) is 152 Å². The quantitative estimate of drug-likeness (QED) is 0.0770. The minimum absolute atomic E-state index is 0.0132. The fraction of sp³-hybridized carbons (Fsp3) is 0.786. The number of carboxylic acids is 1. The molecular weight excluding hydrogens is 572 g/mol. The topological polar surface area (TPSA) is 178 Å². The number of carbonyl (C=O) groups excluding carboxylic acids is 3. The van der Waals surface area contributed by atoms with E-state index in [9.17, 15) is 24.3 Å². The Kier molecular flexibility index (Phi) is 24.3. The Morgan fingerprint density at radius 2 is 1.07 bits per heavy atom. The molecule has 3 amide bonds. The van der Waals surface area contributed by atoms with Gasteiger partial charge in [0.05, 0.1) is 99.1 Å². The average molecular weight is 621 g/mol. The molecule has 0 spiro atoms. The second kappa shape index (κ2) is 27.1. The second-order valence-electron chi connectivity index (χ2n) is 9.14. The number of carboxylic acid groups (broad SMARTS) is 1. The molecule has 0 saturated carbocycles. The molecule has 15 heteroatoms. The number of aliphatic carboxylic acids is 1. The van der Waals surface area contributed by atoms with Crippen LogP contribution < -0.4 is 5.32 Å². The second-order valence-corrected chi connectivity index (χ2v) is 9.14. The summed E-state index contributed by atoms with van der Waals surface area (Å²) in [4.78, 5) is 47.7. The van der Waals surface area contributed by atoms with Crippen LogP contribution in [0.5, 0.6) is 0 Å². The summed E-state index contributed by atoms with van der Waals surface area (Å²) < 4.78 is 42.5. The van der Waals surface area contributed by atoms with Gasteiger partial charge >= 0.3 is 5.97 Å². The number of nitrogens with zero attached hydrogens (tertiary/aromatic N) is 1. The normalized spacial score (nSPS) is 13.7. The molecule has 0 saturated heterocycles. The molecule has 2 N–H and O–H groups in total. The van der Waals surface area contributed by atoms with Crippen molar-refractivity contribution in [3.05, 3.63) is 12.2 Å². The van der Waals surface area contributed by atoms with E-state index < -0.39 is 17.9 Å². The molecule has 1 aliphatic heterocycles. The van der Waals surface area contributed by atoms with Crippen LogP contribution in [0.3, 0.4) is 0 Å². The third kappa shape index (κ3) is 21.8. The van der Waals surface area contributed by atoms with Gasteiger partial charge in [0.1, 0.15) is 6.04 Å². The first-order valence-corrected chi connectivity index (χ1v) is 14.5. The van der Waals surface area contributed by atoms with Gasteiger partial charge in [0.2, 0.25) is 5.91 Å². The van der Waals surface area contributed by atoms with Gasteiger partial charge in [-0.25, -0.2) is 4.79 Å². The van der Waals surface area contributed by atoms with Crippen LogP contribution in [-0.2, 0) is 57.1 Å². The van der Waals surface area contributed by atoms with Gasteiger partial charge in [-0.15, -0.1) is 0 Å². The summed E-state index contributed by atoms with van der Waals surface area (Å²) >= 11 is 0. The number of imide groups is 1. The van der Waals surface area contributed by atoms with E-state index in [1.54, 1.807) is 7.11 Å². The molecule has 1 aliphatic rings. The van der Waals surface area contributed by atoms with Gasteiger partial charge in [0.15, 0.2) is 0 Å². The Morgan fingerprint density at radius 3 is 1.47 bits per heavy atom. The van der Waals surface area contributed by atoms with E-state index in [2.05, 4.69) is 5.32 Å². The van der Waals surface area contributed by atoms with Crippen LogP contribution in [0.25, 0.3) is 0 Å². The van der Waals surface area contributed by atoms with Crippen molar-refractivity contribution in [2.24, 2.45) is 0 Å². The molecule has 0 aliphatic carbocycles. The van der Waals surface area contributed by atoms with Crippen LogP contribution in [0.2, 0.25) is 0 Å². The highest BCUT2D eigenvalue weighted by Gasteiger charge is 2.23. The van der Waals surface area contributed by atoms with E-state index in [4.69, 9.17) is 37.9 Å². The summed E-state index contributed by atoms with van der Waals surface area (Å²) in [6, 6.07) is -1.05. The predicted molar refractivity (Wildman–Crippen MR) is 152 cm³/mol. The molecule has 0 aromatic heterocycles. The van der Waals surface area contributed by atoms with E-state index in [0.717, 1.165) is 4.90 Å². The standard InChI is InChI=1S/C28H48N2O13/c1-36-10-11-38-14-15-40-18-19-42-22-23-43-21-20-41-17-16-39-13-12-37-9-7-25(31)29-24(28(34)35)4-2-3-8-30-26(32)5-6-27(30)33/h5-6,24H,2-4,7-23H2,1H3,(H,29,31)(H,34,35). The van der Waals surface area contributed by atoms with Gasteiger partial charge in [-0.2, -0.15) is 0 Å². The number of hydrogen-bond donors (Lipinski definition) is 2. The van der Waals surface area contributed by atoms with Gasteiger partial charge in [-0.05, 0) is 19.3 Å². The van der Waals surface area contributed by atoms with Crippen molar-refractivity contribution >= 4 is 23.7 Å². The predicted octanol–water partition coefficient (Wildman–Crippen LogP) is -0.196. The van der Waals surface area contributed by atoms with Crippen LogP contribution in [0.15, 0.2) is 12.2 Å². The largest absolute Gasteiger partial charge is 0.480 e. The highest BCUT2D eigenvalue weighted by atomic mass is 16.6. The summed E-state index contributed by atoms with van der Waals surface area (Å²) in [6.07, 6.45) is 3.48. The summed E-state index contributed by atoms with van der Waals surface area (Å²) in [5, 5.41) is 11.8. The van der Waals surface area contributed by atoms with Gasteiger partial charge in [-0.3, -0.25) is 19.3 Å². The molecule has 248 valence electrons. The Hall–Kier alpha value is -2.50. The highest BCUT2D eigenvalue weighted by Crippen LogP contribution is 2.08. The number of carbonyl (C=O) groups is 4. The van der Waals surface area contributed by atoms with Crippen LogP contribution in [0.4, 0.5) is 0 Å². The lowest BCUT2D eigenvalue weighted by Gasteiger charge is -2.16. The molecule has 1 atom stereocenters. The average Bonchev–Trinajstić information content (AvgIpc) is 3.31. The van der Waals surface area contributed by atoms with E-state index in [0.29, 0.717) is 98.7 Å². The lowest BCUT2D eigenvalue weighted by molar-refractivity contribution is -0.142. The summed E-state index contributed by atoms with van der Waals surface area (Å²) in [5.41, 5.74) is 0. The van der Waals surface area contributed by atoms with E-state index in [1.807, 2.05) is 0 Å². The molecular formula is C28H48N2O13. The number of nitrogens with one attached hydrogen (secondary N) is 1. The zero-order valence-corrected chi connectivity index (χ0v) is 25.2. The molecule has 43 heavy (non-hydrogen) atoms. The number of unbranched alkanes of at least 4 members (excludes halogenated alkanes) is 1. The molecule has 0 aromatic rings. The van der Waals surface area contributed by atoms with Crippen molar-refractivity contribution in [2.75, 3.05) is 113 Å². The van der Waals surface area contributed by atoms with Crippen molar-refractivity contribution in [1.29, 1.82) is 0 Å². The SMILES string of the molecule is COCCOCCOCCOCCOCCOCCOCCOCCC(=O)NC(CCCCN1C(=O)C=CC1=O)C(=O)O. The molecule has 0 aromatic carbocycles. The molecule has 1 unspecified atom stereocenters. The Labute approximate surface area is 253 Å². The lowest BCUT2D eigenvalue weighted by Crippen LogP contribution is -2.41. The Balaban J connectivity index is 1.84. The number of methoxy groups -OCH3 is 1. The number of amides is 3. The van der Waals surface area contributed by atoms with Gasteiger partial charge in [0.25, 0.3) is 11.8 Å². The monoisotopic (exact) mass is 620 g/mol. The summed E-state index contributed by atoms with van der Waals surface area (Å²) in [7, 11) is 1.63. The Bertz CT molecular complexity index is 779. The van der Waals surface area contributed by atoms with E-state index in [1.165, 1.54) is 12.2 Å². The summed E-state index contributed by atoms with van der Waals surface area (Å²) in [5.74, 6) is -2.33. The maximum Gasteiger partial charge on any atom is 0.326 e. The number of rotatable bonds is 31. The van der Waals surface area contributed by atoms with Crippen LogP contribution in [0.1, 0.15) is 25.7 Å². The maximum atomic E-state index is 12.1. The van der Waals surface area contributed by atoms with Crippen molar-refractivity contribution in [1.82, 2.24) is 10.2 Å². The maximum absolute atomic E-state index is 12.1. The van der Waals surface area contributed by atoms with Crippen molar-refractivity contribution in [3.63, 3.8) is 0 Å². The molecule has 15 nitrogen and oxygen atoms in total.